The van der Waals surface area contributed by atoms with E-state index in [1.807, 2.05) is 18.2 Å². The van der Waals surface area contributed by atoms with Gasteiger partial charge in [-0.1, -0.05) is 24.8 Å². The van der Waals surface area contributed by atoms with Gasteiger partial charge in [-0.25, -0.2) is 4.98 Å². The van der Waals surface area contributed by atoms with Crippen LogP contribution in [-0.4, -0.2) is 16.0 Å². The zero-order valence-electron chi connectivity index (χ0n) is 9.61. The number of nitrogens with zero attached hydrogens (tertiary/aromatic N) is 2. The molecule has 2 heterocycles. The Bertz CT molecular complexity index is 432. The van der Waals surface area contributed by atoms with Crippen LogP contribution in [-0.2, 0) is 0 Å². The summed E-state index contributed by atoms with van der Waals surface area (Å²) in [4.78, 5) is 8.47. The van der Waals surface area contributed by atoms with Crippen LogP contribution in [0.2, 0.25) is 0 Å². The fourth-order valence-electron chi connectivity index (χ4n) is 1.50. The molecule has 2 atom stereocenters. The Labute approximate surface area is 105 Å². The average molecular weight is 249 g/mol. The van der Waals surface area contributed by atoms with E-state index < -0.39 is 0 Å². The smallest absolute Gasteiger partial charge is 0.256 e. The van der Waals surface area contributed by atoms with Gasteiger partial charge in [0.25, 0.3) is 5.22 Å². The molecule has 2 rings (SSSR count). The van der Waals surface area contributed by atoms with E-state index in [1.165, 1.54) is 11.8 Å². The quantitative estimate of drug-likeness (QED) is 0.825. The van der Waals surface area contributed by atoms with E-state index in [9.17, 15) is 0 Å². The van der Waals surface area contributed by atoms with E-state index in [2.05, 4.69) is 16.9 Å². The van der Waals surface area contributed by atoms with Gasteiger partial charge in [0.2, 0.25) is 0 Å². The molecule has 5 heteroatoms. The van der Waals surface area contributed by atoms with Crippen molar-refractivity contribution in [1.82, 2.24) is 9.97 Å². The van der Waals surface area contributed by atoms with Crippen molar-refractivity contribution in [3.63, 3.8) is 0 Å². The molecule has 0 radical (unpaired) electrons. The van der Waals surface area contributed by atoms with E-state index in [-0.39, 0.29) is 11.3 Å². The van der Waals surface area contributed by atoms with Crippen molar-refractivity contribution in [2.24, 2.45) is 5.73 Å². The third-order valence-corrected chi connectivity index (χ3v) is 3.73. The molecule has 2 unspecified atom stereocenters. The normalized spacial score (nSPS) is 14.5. The second-order valence-corrected chi connectivity index (χ2v) is 4.76. The Morgan fingerprint density at radius 3 is 2.82 bits per heavy atom. The summed E-state index contributed by atoms with van der Waals surface area (Å²) >= 11 is 1.52. The van der Waals surface area contributed by atoms with Gasteiger partial charge in [-0.3, -0.25) is 4.98 Å². The van der Waals surface area contributed by atoms with Crippen molar-refractivity contribution in [2.45, 2.75) is 29.9 Å². The molecule has 0 saturated heterocycles. The lowest BCUT2D eigenvalue weighted by molar-refractivity contribution is 0.451. The lowest BCUT2D eigenvalue weighted by atomic mass is 10.1. The predicted molar refractivity (Wildman–Crippen MR) is 67.6 cm³/mol. The summed E-state index contributed by atoms with van der Waals surface area (Å²) in [5, 5.41) is 0.699. The second-order valence-electron chi connectivity index (χ2n) is 3.66. The summed E-state index contributed by atoms with van der Waals surface area (Å²) < 4.78 is 5.25. The Morgan fingerprint density at radius 1 is 1.35 bits per heavy atom. The van der Waals surface area contributed by atoms with Crippen molar-refractivity contribution < 1.29 is 4.42 Å². The monoisotopic (exact) mass is 249 g/mol. The molecular weight excluding hydrogens is 234 g/mol. The molecule has 2 aromatic heterocycles. The third-order valence-electron chi connectivity index (χ3n) is 2.48. The van der Waals surface area contributed by atoms with E-state index >= 15 is 0 Å². The predicted octanol–water partition coefficient (Wildman–Crippen LogP) is 2.64. The molecule has 4 nitrogen and oxygen atoms in total. The summed E-state index contributed by atoms with van der Waals surface area (Å²) in [7, 11) is 0. The molecule has 0 bridgehead atoms. The van der Waals surface area contributed by atoms with Crippen LogP contribution >= 0.6 is 11.8 Å². The number of hydrogen-bond donors (Lipinski definition) is 1. The number of rotatable bonds is 5. The summed E-state index contributed by atoms with van der Waals surface area (Å²) in [5.41, 5.74) is 7.10. The van der Waals surface area contributed by atoms with Gasteiger partial charge in [0.15, 0.2) is 0 Å². The SMILES string of the molecule is CCC(N)C(Sc1ncco1)c1ccccn1. The number of thioether (sulfide) groups is 1. The summed E-state index contributed by atoms with van der Waals surface area (Å²) in [6, 6.07) is 5.87. The van der Waals surface area contributed by atoms with E-state index in [0.29, 0.717) is 5.22 Å². The van der Waals surface area contributed by atoms with Gasteiger partial charge in [-0.2, -0.15) is 0 Å². The van der Waals surface area contributed by atoms with Gasteiger partial charge >= 0.3 is 0 Å². The fraction of sp³-hybridized carbons (Fsp3) is 0.333. The molecule has 0 aliphatic heterocycles. The lowest BCUT2D eigenvalue weighted by Crippen LogP contribution is -2.26. The molecule has 0 aliphatic rings. The third kappa shape index (κ3) is 3.08. The first-order valence-electron chi connectivity index (χ1n) is 5.54. The maximum absolute atomic E-state index is 6.14. The Kier molecular flexibility index (Phi) is 4.17. The van der Waals surface area contributed by atoms with Crippen LogP contribution in [0.3, 0.4) is 0 Å². The number of nitrogens with two attached hydrogens (primary N) is 1. The highest BCUT2D eigenvalue weighted by atomic mass is 32.2. The first kappa shape index (κ1) is 12.1. The topological polar surface area (TPSA) is 64.9 Å². The van der Waals surface area contributed by atoms with Crippen LogP contribution in [0, 0.1) is 0 Å². The van der Waals surface area contributed by atoms with Gasteiger partial charge in [0, 0.05) is 12.2 Å². The van der Waals surface area contributed by atoms with Crippen molar-refractivity contribution >= 4 is 11.8 Å². The van der Waals surface area contributed by atoms with Crippen LogP contribution in [0.4, 0.5) is 0 Å². The van der Waals surface area contributed by atoms with Crippen molar-refractivity contribution in [3.05, 3.63) is 42.5 Å². The lowest BCUT2D eigenvalue weighted by Gasteiger charge is -2.20. The zero-order valence-corrected chi connectivity index (χ0v) is 10.4. The Morgan fingerprint density at radius 2 is 2.24 bits per heavy atom. The highest BCUT2D eigenvalue weighted by molar-refractivity contribution is 7.99. The average Bonchev–Trinajstić information content (AvgIpc) is 2.89. The highest BCUT2D eigenvalue weighted by Gasteiger charge is 2.22. The molecule has 17 heavy (non-hydrogen) atoms. The Hall–Kier alpha value is -1.33. The van der Waals surface area contributed by atoms with Gasteiger partial charge < -0.3 is 10.2 Å². The number of hydrogen-bond acceptors (Lipinski definition) is 5. The largest absolute Gasteiger partial charge is 0.440 e. The second kappa shape index (κ2) is 5.84. The summed E-state index contributed by atoms with van der Waals surface area (Å²) in [6.07, 6.45) is 5.86. The van der Waals surface area contributed by atoms with Gasteiger partial charge in [0.05, 0.1) is 17.1 Å². The minimum atomic E-state index is 0.0294. The maximum atomic E-state index is 6.14. The number of pyridine rings is 1. The van der Waals surface area contributed by atoms with Crippen LogP contribution in [0.1, 0.15) is 24.3 Å². The molecular formula is C12H15N3OS. The summed E-state index contributed by atoms with van der Waals surface area (Å²) in [5.74, 6) is 0. The molecule has 0 aromatic carbocycles. The highest BCUT2D eigenvalue weighted by Crippen LogP contribution is 2.36. The van der Waals surface area contributed by atoms with Crippen molar-refractivity contribution in [1.29, 1.82) is 0 Å². The molecule has 0 saturated carbocycles. The molecule has 0 aliphatic carbocycles. The molecule has 2 N–H and O–H groups in total. The van der Waals surface area contributed by atoms with Crippen LogP contribution in [0.15, 0.2) is 46.5 Å². The van der Waals surface area contributed by atoms with Crippen LogP contribution in [0.25, 0.3) is 0 Å². The first-order valence-corrected chi connectivity index (χ1v) is 6.42. The van der Waals surface area contributed by atoms with Crippen molar-refractivity contribution in [3.8, 4) is 0 Å². The van der Waals surface area contributed by atoms with Crippen LogP contribution in [0.5, 0.6) is 0 Å². The standard InChI is InChI=1S/C12H15N3OS/c1-2-9(13)11(10-5-3-4-6-14-10)17-12-15-7-8-16-12/h3-9,11H,2,13H2,1H3. The molecule has 0 fully saturated rings. The minimum Gasteiger partial charge on any atom is -0.440 e. The zero-order chi connectivity index (χ0) is 12.1. The Balaban J connectivity index is 2.20. The van der Waals surface area contributed by atoms with E-state index in [0.717, 1.165) is 12.1 Å². The molecule has 2 aromatic rings. The van der Waals surface area contributed by atoms with E-state index in [4.69, 9.17) is 10.2 Å². The number of aromatic nitrogens is 2. The fourth-order valence-corrected chi connectivity index (χ4v) is 2.58. The molecule has 0 amide bonds. The number of oxazole rings is 1. The van der Waals surface area contributed by atoms with E-state index in [1.54, 1.807) is 18.7 Å². The minimum absolute atomic E-state index is 0.0294. The van der Waals surface area contributed by atoms with Gasteiger partial charge in [-0.05, 0) is 18.6 Å². The van der Waals surface area contributed by atoms with Crippen molar-refractivity contribution in [2.75, 3.05) is 0 Å². The summed E-state index contributed by atoms with van der Waals surface area (Å²) in [6.45, 7) is 2.07. The molecule has 0 spiro atoms. The maximum Gasteiger partial charge on any atom is 0.256 e. The first-order chi connectivity index (χ1) is 8.31. The molecule has 90 valence electrons. The van der Waals surface area contributed by atoms with Gasteiger partial charge in [-0.15, -0.1) is 0 Å². The van der Waals surface area contributed by atoms with Crippen LogP contribution < -0.4 is 5.73 Å². The van der Waals surface area contributed by atoms with Gasteiger partial charge in [0.1, 0.15) is 6.26 Å².